The minimum absolute atomic E-state index is 0.675. The normalized spacial score (nSPS) is 19.9. The number of hydrogen-bond donors (Lipinski definition) is 0. The molecule has 1 aromatic rings. The zero-order valence-corrected chi connectivity index (χ0v) is 15.3. The molecule has 0 aromatic heterocycles. The van der Waals surface area contributed by atoms with Crippen molar-refractivity contribution in [3.05, 3.63) is 59.3 Å². The average Bonchev–Trinajstić information content (AvgIpc) is 2.83. The van der Waals surface area contributed by atoms with Crippen LogP contribution in [-0.2, 0) is 0 Å². The number of allylic oxidation sites excluding steroid dienone is 3. The van der Waals surface area contributed by atoms with E-state index in [0.29, 0.717) is 5.84 Å². The van der Waals surface area contributed by atoms with Crippen LogP contribution in [-0.4, -0.2) is 38.2 Å². The lowest BCUT2D eigenvalue weighted by molar-refractivity contribution is 0.373. The highest BCUT2D eigenvalue weighted by molar-refractivity contribution is 6.05. The van der Waals surface area contributed by atoms with Gasteiger partial charge in [0, 0.05) is 38.1 Å². The Morgan fingerprint density at radius 1 is 1.25 bits per heavy atom. The van der Waals surface area contributed by atoms with E-state index in [0.717, 1.165) is 16.8 Å². The molecule has 1 atom stereocenters. The van der Waals surface area contributed by atoms with Gasteiger partial charge in [-0.2, -0.15) is 0 Å². The fraction of sp³-hybridized carbons (Fsp3) is 0.350. The highest BCUT2D eigenvalue weighted by Gasteiger charge is 2.21. The topological polar surface area (TPSA) is 18.8 Å². The molecule has 3 nitrogen and oxygen atoms in total. The number of benzene rings is 1. The molecule has 0 spiro atoms. The van der Waals surface area contributed by atoms with Gasteiger partial charge in [-0.3, -0.25) is 0 Å². The lowest BCUT2D eigenvalue weighted by Crippen LogP contribution is -2.22. The first-order valence-corrected chi connectivity index (χ1v) is 8.13. The third-order valence-corrected chi connectivity index (χ3v) is 4.08. The molecule has 0 bridgehead atoms. The van der Waals surface area contributed by atoms with E-state index in [9.17, 15) is 4.39 Å². The van der Waals surface area contributed by atoms with Crippen molar-refractivity contribution in [3.8, 4) is 0 Å². The lowest BCUT2D eigenvalue weighted by Gasteiger charge is -2.17. The average molecular weight is 327 g/mol. The van der Waals surface area contributed by atoms with Crippen LogP contribution in [0.25, 0.3) is 5.57 Å². The number of halogens is 1. The molecule has 0 fully saturated rings. The van der Waals surface area contributed by atoms with E-state index >= 15 is 0 Å². The number of hydrogen-bond acceptors (Lipinski definition) is 2. The molecule has 1 aromatic carbocycles. The Morgan fingerprint density at radius 2 is 1.88 bits per heavy atom. The Kier molecular flexibility index (Phi) is 5.60. The molecule has 2 rings (SSSR count). The van der Waals surface area contributed by atoms with E-state index in [4.69, 9.17) is 0 Å². The van der Waals surface area contributed by atoms with Gasteiger partial charge in [0.1, 0.15) is 5.84 Å². The number of alkyl halides is 1. The molecule has 24 heavy (non-hydrogen) atoms. The Labute approximate surface area is 144 Å². The lowest BCUT2D eigenvalue weighted by atomic mass is 10.1. The summed E-state index contributed by atoms with van der Waals surface area (Å²) < 4.78 is 13.3. The third kappa shape index (κ3) is 3.94. The van der Waals surface area contributed by atoms with Crippen LogP contribution < -0.4 is 4.90 Å². The second-order valence-corrected chi connectivity index (χ2v) is 6.17. The summed E-state index contributed by atoms with van der Waals surface area (Å²) >= 11 is 0. The minimum atomic E-state index is -1.21. The number of rotatable bonds is 4. The van der Waals surface area contributed by atoms with Crippen LogP contribution in [0.4, 0.5) is 10.1 Å². The summed E-state index contributed by atoms with van der Waals surface area (Å²) in [6.45, 7) is 5.47. The second-order valence-electron chi connectivity index (χ2n) is 6.17. The Hall–Kier alpha value is -2.36. The summed E-state index contributed by atoms with van der Waals surface area (Å²) in [7, 11) is 5.98. The predicted octanol–water partition coefficient (Wildman–Crippen LogP) is 4.65. The third-order valence-electron chi connectivity index (χ3n) is 4.08. The van der Waals surface area contributed by atoms with E-state index in [2.05, 4.69) is 47.2 Å². The summed E-state index contributed by atoms with van der Waals surface area (Å²) in [5.41, 5.74) is 5.46. The van der Waals surface area contributed by atoms with E-state index in [1.54, 1.807) is 0 Å². The predicted molar refractivity (Wildman–Crippen MR) is 102 cm³/mol. The van der Waals surface area contributed by atoms with Gasteiger partial charge in [-0.1, -0.05) is 18.2 Å². The van der Waals surface area contributed by atoms with Gasteiger partial charge in [0.25, 0.3) is 0 Å². The maximum absolute atomic E-state index is 13.3. The van der Waals surface area contributed by atoms with Crippen molar-refractivity contribution in [2.75, 3.05) is 26.0 Å². The quantitative estimate of drug-likeness (QED) is 0.750. The SMILES string of the molecule is C/C=C1/C=C(C=C(C)c2ccc(N(C)C)cc2)N(C)/C1=N/C(C)F. The van der Waals surface area contributed by atoms with E-state index in [1.807, 2.05) is 45.1 Å². The molecule has 4 heteroatoms. The molecular weight excluding hydrogens is 301 g/mol. The van der Waals surface area contributed by atoms with Crippen LogP contribution in [0.2, 0.25) is 0 Å². The van der Waals surface area contributed by atoms with E-state index in [-0.39, 0.29) is 0 Å². The molecule has 0 saturated heterocycles. The minimum Gasteiger partial charge on any atom is -0.378 e. The van der Waals surface area contributed by atoms with Gasteiger partial charge in [0.2, 0.25) is 0 Å². The van der Waals surface area contributed by atoms with Crippen molar-refractivity contribution in [2.45, 2.75) is 27.1 Å². The molecule has 1 unspecified atom stereocenters. The molecule has 0 radical (unpaired) electrons. The number of amidine groups is 1. The second kappa shape index (κ2) is 7.47. The maximum atomic E-state index is 13.3. The molecule has 0 N–H and O–H groups in total. The highest BCUT2D eigenvalue weighted by Crippen LogP contribution is 2.26. The monoisotopic (exact) mass is 327 g/mol. The van der Waals surface area contributed by atoms with Gasteiger partial charge in [-0.15, -0.1) is 0 Å². The van der Waals surface area contributed by atoms with Gasteiger partial charge in [0.15, 0.2) is 6.30 Å². The number of likely N-dealkylation sites (N-methyl/N-ethyl adjacent to an activating group) is 1. The number of nitrogens with zero attached hydrogens (tertiary/aromatic N) is 3. The number of aliphatic imine (C=N–C) groups is 1. The Balaban J connectivity index is 2.30. The molecule has 0 saturated carbocycles. The Morgan fingerprint density at radius 3 is 2.38 bits per heavy atom. The summed E-state index contributed by atoms with van der Waals surface area (Å²) in [6, 6.07) is 8.45. The fourth-order valence-electron chi connectivity index (χ4n) is 2.64. The first-order chi connectivity index (χ1) is 11.3. The summed E-state index contributed by atoms with van der Waals surface area (Å²) in [5, 5.41) is 0. The largest absolute Gasteiger partial charge is 0.378 e. The summed E-state index contributed by atoms with van der Waals surface area (Å²) in [5.74, 6) is 0.675. The van der Waals surface area contributed by atoms with Crippen LogP contribution >= 0.6 is 0 Å². The van der Waals surface area contributed by atoms with Crippen molar-refractivity contribution in [1.29, 1.82) is 0 Å². The summed E-state index contributed by atoms with van der Waals surface area (Å²) in [4.78, 5) is 8.10. The molecule has 1 aliphatic heterocycles. The van der Waals surface area contributed by atoms with Gasteiger partial charge in [0.05, 0.1) is 0 Å². The number of anilines is 1. The Bertz CT molecular complexity index is 707. The highest BCUT2D eigenvalue weighted by atomic mass is 19.1. The first kappa shape index (κ1) is 18.0. The first-order valence-electron chi connectivity index (χ1n) is 8.13. The van der Waals surface area contributed by atoms with Crippen LogP contribution in [0.3, 0.4) is 0 Å². The zero-order chi connectivity index (χ0) is 17.9. The van der Waals surface area contributed by atoms with Gasteiger partial charge >= 0.3 is 0 Å². The molecule has 1 heterocycles. The maximum Gasteiger partial charge on any atom is 0.189 e. The van der Waals surface area contributed by atoms with Gasteiger partial charge in [-0.05, 0) is 56.2 Å². The van der Waals surface area contributed by atoms with Crippen molar-refractivity contribution < 1.29 is 4.39 Å². The smallest absolute Gasteiger partial charge is 0.189 e. The molecular formula is C20H26FN3. The van der Waals surface area contributed by atoms with Crippen molar-refractivity contribution >= 4 is 17.1 Å². The van der Waals surface area contributed by atoms with Crippen molar-refractivity contribution in [3.63, 3.8) is 0 Å². The van der Waals surface area contributed by atoms with Crippen LogP contribution in [0.15, 0.2) is 58.8 Å². The molecule has 0 aliphatic carbocycles. The van der Waals surface area contributed by atoms with E-state index < -0.39 is 6.30 Å². The fourth-order valence-corrected chi connectivity index (χ4v) is 2.64. The summed E-state index contributed by atoms with van der Waals surface area (Å²) in [6.07, 6.45) is 4.90. The van der Waals surface area contributed by atoms with Crippen molar-refractivity contribution in [2.24, 2.45) is 4.99 Å². The van der Waals surface area contributed by atoms with Gasteiger partial charge in [-0.25, -0.2) is 9.38 Å². The van der Waals surface area contributed by atoms with Crippen LogP contribution in [0.1, 0.15) is 26.3 Å². The molecule has 1 aliphatic rings. The van der Waals surface area contributed by atoms with Crippen LogP contribution in [0, 0.1) is 0 Å². The standard InChI is InChI=1S/C20H26FN3/c1-7-16-13-19(24(6)20(16)22-15(3)21)12-14(2)17-8-10-18(11-9-17)23(4)5/h7-13,15H,1-6H3/b14-12?,16-7-,22-20+. The van der Waals surface area contributed by atoms with Crippen molar-refractivity contribution in [1.82, 2.24) is 4.90 Å². The zero-order valence-electron chi connectivity index (χ0n) is 15.3. The molecule has 0 amide bonds. The van der Waals surface area contributed by atoms with E-state index in [1.165, 1.54) is 18.2 Å². The molecule has 128 valence electrons. The van der Waals surface area contributed by atoms with Crippen LogP contribution in [0.5, 0.6) is 0 Å². The van der Waals surface area contributed by atoms with Gasteiger partial charge < -0.3 is 9.80 Å².